The monoisotopic (exact) mass is 461 g/mol. The van der Waals surface area contributed by atoms with E-state index in [1.165, 1.54) is 0 Å². The summed E-state index contributed by atoms with van der Waals surface area (Å²) in [4.78, 5) is 72.3. The molecule has 1 fully saturated rings. The van der Waals surface area contributed by atoms with E-state index in [-0.39, 0.29) is 25.1 Å². The summed E-state index contributed by atoms with van der Waals surface area (Å²) in [7, 11) is 0. The average Bonchev–Trinajstić information content (AvgIpc) is 3.18. The maximum absolute atomic E-state index is 12.8. The zero-order chi connectivity index (χ0) is 23.7. The second kappa shape index (κ2) is 12.1. The van der Waals surface area contributed by atoms with Gasteiger partial charge < -0.3 is 37.2 Å². The van der Waals surface area contributed by atoms with Gasteiger partial charge in [-0.05, 0) is 19.3 Å². The van der Waals surface area contributed by atoms with Crippen molar-refractivity contribution in [3.8, 4) is 0 Å². The number of thiol groups is 1. The van der Waals surface area contributed by atoms with Crippen molar-refractivity contribution in [2.45, 2.75) is 56.3 Å². The van der Waals surface area contributed by atoms with Gasteiger partial charge >= 0.3 is 11.9 Å². The number of carboxylic acid groups (broad SMARTS) is 2. The summed E-state index contributed by atoms with van der Waals surface area (Å²) in [6.07, 6.45) is -0.749. The van der Waals surface area contributed by atoms with Crippen molar-refractivity contribution < 1.29 is 39.0 Å². The first-order valence-electron chi connectivity index (χ1n) is 9.48. The number of carbonyl (C=O) groups excluding carboxylic acids is 4. The number of hydrogen-bond acceptors (Lipinski definition) is 8. The molecule has 1 rings (SSSR count). The van der Waals surface area contributed by atoms with Gasteiger partial charge in [-0.2, -0.15) is 12.6 Å². The Morgan fingerprint density at radius 2 is 1.68 bits per heavy atom. The molecule has 1 aliphatic heterocycles. The number of primary amides is 1. The highest BCUT2D eigenvalue weighted by Crippen LogP contribution is 2.19. The fraction of sp³-hybridized carbons (Fsp3) is 0.647. The van der Waals surface area contributed by atoms with Crippen LogP contribution in [0.3, 0.4) is 0 Å². The van der Waals surface area contributed by atoms with Crippen LogP contribution >= 0.6 is 12.6 Å². The molecule has 1 aliphatic rings. The zero-order valence-corrected chi connectivity index (χ0v) is 17.5. The molecule has 13 nitrogen and oxygen atoms in total. The second-order valence-electron chi connectivity index (χ2n) is 7.04. The van der Waals surface area contributed by atoms with E-state index in [2.05, 4.69) is 23.3 Å². The molecule has 8 N–H and O–H groups in total. The summed E-state index contributed by atoms with van der Waals surface area (Å²) in [5.74, 6) is -5.91. The largest absolute Gasteiger partial charge is 0.481 e. The van der Waals surface area contributed by atoms with Crippen LogP contribution in [0.25, 0.3) is 0 Å². The highest BCUT2D eigenvalue weighted by molar-refractivity contribution is 7.80. The Hall–Kier alpha value is -2.87. The Balaban J connectivity index is 3.02. The lowest BCUT2D eigenvalue weighted by atomic mass is 10.1. The fourth-order valence-electron chi connectivity index (χ4n) is 3.06. The van der Waals surface area contributed by atoms with Gasteiger partial charge in [0.1, 0.15) is 18.1 Å². The SMILES string of the molecule is NC(=O)CC(NC(=O)C(CCC(=O)O)NC(=O)C(N)CS)C(=O)N1CCCC1C(=O)O. The molecule has 31 heavy (non-hydrogen) atoms. The van der Waals surface area contributed by atoms with E-state index in [0.717, 1.165) is 4.90 Å². The first-order chi connectivity index (χ1) is 14.5. The Bertz CT molecular complexity index is 733. The Labute approximate surface area is 183 Å². The van der Waals surface area contributed by atoms with Crippen molar-refractivity contribution >= 4 is 48.2 Å². The Kier molecular flexibility index (Phi) is 10.2. The standard InChI is InChI=1S/C17H27N5O8S/c18-8(7-31)14(26)20-9(3-4-13(24)25)15(27)21-10(6-12(19)23)16(28)22-5-1-2-11(22)17(29)30/h8-11,31H,1-7,18H2,(H2,19,23)(H,20,26)(H,21,27)(H,24,25)(H,29,30). The molecule has 1 saturated heterocycles. The zero-order valence-electron chi connectivity index (χ0n) is 16.7. The van der Waals surface area contributed by atoms with Gasteiger partial charge in [-0.1, -0.05) is 0 Å². The third-order valence-corrected chi connectivity index (χ3v) is 5.05. The van der Waals surface area contributed by atoms with E-state index in [9.17, 15) is 33.9 Å². The van der Waals surface area contributed by atoms with Crippen molar-refractivity contribution in [2.24, 2.45) is 11.5 Å². The van der Waals surface area contributed by atoms with Gasteiger partial charge in [0.2, 0.25) is 23.6 Å². The van der Waals surface area contributed by atoms with Crippen molar-refractivity contribution in [1.29, 1.82) is 0 Å². The van der Waals surface area contributed by atoms with Crippen LogP contribution in [0.5, 0.6) is 0 Å². The number of carbonyl (C=O) groups is 6. The minimum atomic E-state index is -1.48. The summed E-state index contributed by atoms with van der Waals surface area (Å²) >= 11 is 3.88. The van der Waals surface area contributed by atoms with Gasteiger partial charge in [0.05, 0.1) is 12.5 Å². The lowest BCUT2D eigenvalue weighted by Crippen LogP contribution is -2.58. The normalized spacial score (nSPS) is 18.5. The Morgan fingerprint density at radius 1 is 1.06 bits per heavy atom. The summed E-state index contributed by atoms with van der Waals surface area (Å²) < 4.78 is 0. The topological polar surface area (TPSA) is 222 Å². The number of carboxylic acids is 2. The number of aliphatic carboxylic acids is 2. The molecule has 0 spiro atoms. The number of nitrogens with one attached hydrogen (secondary N) is 2. The third-order valence-electron chi connectivity index (χ3n) is 4.65. The quantitative estimate of drug-likeness (QED) is 0.147. The van der Waals surface area contributed by atoms with E-state index in [1.54, 1.807) is 0 Å². The minimum absolute atomic E-state index is 0.0343. The molecule has 4 atom stereocenters. The van der Waals surface area contributed by atoms with E-state index >= 15 is 0 Å². The van der Waals surface area contributed by atoms with Crippen LogP contribution in [0.1, 0.15) is 32.1 Å². The molecule has 0 aromatic carbocycles. The first kappa shape index (κ1) is 26.2. The molecule has 4 unspecified atom stereocenters. The van der Waals surface area contributed by atoms with Crippen molar-refractivity contribution in [3.05, 3.63) is 0 Å². The van der Waals surface area contributed by atoms with E-state index in [1.807, 2.05) is 0 Å². The first-order valence-corrected chi connectivity index (χ1v) is 10.1. The van der Waals surface area contributed by atoms with Gasteiger partial charge in [-0.3, -0.25) is 24.0 Å². The van der Waals surface area contributed by atoms with Crippen LogP contribution in [0.15, 0.2) is 0 Å². The number of nitrogens with two attached hydrogens (primary N) is 2. The highest BCUT2D eigenvalue weighted by Gasteiger charge is 2.39. The minimum Gasteiger partial charge on any atom is -0.481 e. The molecule has 1 heterocycles. The van der Waals surface area contributed by atoms with Crippen molar-refractivity contribution in [3.63, 3.8) is 0 Å². The summed E-state index contributed by atoms with van der Waals surface area (Å²) in [5.41, 5.74) is 10.7. The van der Waals surface area contributed by atoms with Gasteiger partial charge in [-0.15, -0.1) is 0 Å². The maximum atomic E-state index is 12.8. The van der Waals surface area contributed by atoms with Crippen LogP contribution in [-0.4, -0.2) is 87.1 Å². The van der Waals surface area contributed by atoms with Crippen molar-refractivity contribution in [2.75, 3.05) is 12.3 Å². The summed E-state index contributed by atoms with van der Waals surface area (Å²) in [6.45, 7) is 0.122. The summed E-state index contributed by atoms with van der Waals surface area (Å²) in [6, 6.07) is -5.01. The van der Waals surface area contributed by atoms with Gasteiger partial charge in [0.15, 0.2) is 0 Å². The number of hydrogen-bond donors (Lipinski definition) is 7. The van der Waals surface area contributed by atoms with Crippen molar-refractivity contribution in [1.82, 2.24) is 15.5 Å². The molecule has 0 aliphatic carbocycles. The number of amides is 4. The Morgan fingerprint density at radius 3 is 2.19 bits per heavy atom. The van der Waals surface area contributed by atoms with E-state index < -0.39 is 72.6 Å². The molecular weight excluding hydrogens is 434 g/mol. The van der Waals surface area contributed by atoms with E-state index in [0.29, 0.717) is 6.42 Å². The molecule has 174 valence electrons. The number of nitrogens with zero attached hydrogens (tertiary/aromatic N) is 1. The predicted molar refractivity (Wildman–Crippen MR) is 109 cm³/mol. The smallest absolute Gasteiger partial charge is 0.326 e. The average molecular weight is 461 g/mol. The van der Waals surface area contributed by atoms with E-state index in [4.69, 9.17) is 16.6 Å². The van der Waals surface area contributed by atoms with Crippen LogP contribution in [0, 0.1) is 0 Å². The molecule has 0 aromatic heterocycles. The molecule has 0 radical (unpaired) electrons. The summed E-state index contributed by atoms with van der Waals surface area (Å²) in [5, 5.41) is 22.7. The van der Waals surface area contributed by atoms with Crippen LogP contribution < -0.4 is 22.1 Å². The number of rotatable bonds is 12. The number of likely N-dealkylation sites (tertiary alicyclic amines) is 1. The predicted octanol–water partition coefficient (Wildman–Crippen LogP) is -2.97. The van der Waals surface area contributed by atoms with Gasteiger partial charge in [0, 0.05) is 18.7 Å². The second-order valence-corrected chi connectivity index (χ2v) is 7.41. The highest BCUT2D eigenvalue weighted by atomic mass is 32.1. The molecule has 14 heteroatoms. The van der Waals surface area contributed by atoms with Crippen LogP contribution in [0.2, 0.25) is 0 Å². The lowest BCUT2D eigenvalue weighted by molar-refractivity contribution is -0.149. The lowest BCUT2D eigenvalue weighted by Gasteiger charge is -2.28. The van der Waals surface area contributed by atoms with Gasteiger partial charge in [0.25, 0.3) is 0 Å². The molecule has 0 saturated carbocycles. The fourth-order valence-corrected chi connectivity index (χ4v) is 3.23. The third kappa shape index (κ3) is 8.05. The molecular formula is C17H27N5O8S. The maximum Gasteiger partial charge on any atom is 0.326 e. The molecule has 0 bridgehead atoms. The van der Waals surface area contributed by atoms with Gasteiger partial charge in [-0.25, -0.2) is 4.79 Å². The van der Waals surface area contributed by atoms with Crippen LogP contribution in [0.4, 0.5) is 0 Å². The van der Waals surface area contributed by atoms with Crippen LogP contribution in [-0.2, 0) is 28.8 Å². The molecule has 0 aromatic rings. The molecule has 4 amide bonds.